The lowest BCUT2D eigenvalue weighted by Gasteiger charge is -2.09. The molecule has 0 radical (unpaired) electrons. The fourth-order valence-electron chi connectivity index (χ4n) is 3.41. The Morgan fingerprint density at radius 1 is 0.971 bits per heavy atom. The van der Waals surface area contributed by atoms with Gasteiger partial charge in [0.15, 0.2) is 21.5 Å². The van der Waals surface area contributed by atoms with E-state index in [0.29, 0.717) is 21.8 Å². The number of Topliss-reactive ketones (excluding diaryl/α,β-unsaturated/α-hetero) is 1. The van der Waals surface area contributed by atoms with Crippen LogP contribution in [0.15, 0.2) is 89.1 Å². The Hall–Kier alpha value is -4.11. The smallest absolute Gasteiger partial charge is 0.186 e. The maximum Gasteiger partial charge on any atom is 0.186 e. The van der Waals surface area contributed by atoms with E-state index >= 15 is 0 Å². The average Bonchev–Trinajstić information content (AvgIpc) is 3.35. The zero-order valence-corrected chi connectivity index (χ0v) is 19.4. The number of nitriles is 2. The third kappa shape index (κ3) is 4.94. The van der Waals surface area contributed by atoms with Gasteiger partial charge >= 0.3 is 0 Å². The van der Waals surface area contributed by atoms with Gasteiger partial charge in [0.1, 0.15) is 5.01 Å². The molecule has 0 N–H and O–H groups in total. The summed E-state index contributed by atoms with van der Waals surface area (Å²) in [4.78, 5) is 17.8. The summed E-state index contributed by atoms with van der Waals surface area (Å²) in [5, 5.41) is 20.8. The van der Waals surface area contributed by atoms with E-state index in [-0.39, 0.29) is 16.2 Å². The highest BCUT2D eigenvalue weighted by atomic mass is 32.2. The number of rotatable bonds is 7. The highest BCUT2D eigenvalue weighted by molar-refractivity contribution is 7.90. The first kappa shape index (κ1) is 23.1. The Kier molecular flexibility index (Phi) is 6.65. The summed E-state index contributed by atoms with van der Waals surface area (Å²) in [7, 11) is -3.57. The van der Waals surface area contributed by atoms with Crippen LogP contribution < -0.4 is 0 Å². The number of hydrogen-bond donors (Lipinski definition) is 0. The molecule has 166 valence electrons. The predicted octanol–water partition coefficient (Wildman–Crippen LogP) is 5.15. The van der Waals surface area contributed by atoms with Gasteiger partial charge in [0.25, 0.3) is 0 Å². The Balaban J connectivity index is 1.57. The van der Waals surface area contributed by atoms with Crippen molar-refractivity contribution < 1.29 is 13.2 Å². The molecule has 0 aliphatic carbocycles. The molecule has 1 heterocycles. The van der Waals surface area contributed by atoms with Gasteiger partial charge < -0.3 is 0 Å². The van der Waals surface area contributed by atoms with Crippen LogP contribution in [0.4, 0.5) is 0 Å². The summed E-state index contributed by atoms with van der Waals surface area (Å²) in [6, 6.07) is 25.4. The summed E-state index contributed by atoms with van der Waals surface area (Å²) in [5.74, 6) is -1.81. The minimum atomic E-state index is -3.57. The number of carbonyl (C=O) groups excluding carboxylic acids is 1. The normalized spacial score (nSPS) is 11.8. The van der Waals surface area contributed by atoms with E-state index < -0.39 is 21.5 Å². The number of nitrogens with zero attached hydrogens (tertiary/aromatic N) is 3. The van der Waals surface area contributed by atoms with Crippen molar-refractivity contribution in [3.05, 3.63) is 106 Å². The lowest BCUT2D eigenvalue weighted by Crippen LogP contribution is -2.12. The molecule has 6 nitrogen and oxygen atoms in total. The van der Waals surface area contributed by atoms with Crippen molar-refractivity contribution in [2.75, 3.05) is 0 Å². The van der Waals surface area contributed by atoms with Gasteiger partial charge in [-0.25, -0.2) is 13.4 Å². The fourth-order valence-corrected chi connectivity index (χ4v) is 5.63. The second kappa shape index (κ2) is 9.80. The van der Waals surface area contributed by atoms with Gasteiger partial charge in [-0.15, -0.1) is 11.3 Å². The second-order valence-corrected chi connectivity index (χ2v) is 10.3. The molecule has 4 rings (SSSR count). The van der Waals surface area contributed by atoms with Crippen LogP contribution in [0.3, 0.4) is 0 Å². The molecule has 1 atom stereocenters. The number of ketones is 1. The SMILES string of the molecule is N#Cc1ccc(-c2csc(C(C#N)C(=O)c3cccc(CS(=O)(=O)c4ccccc4)c3)n2)cc1. The topological polar surface area (TPSA) is 112 Å². The Bertz CT molecular complexity index is 1530. The second-order valence-electron chi connectivity index (χ2n) is 7.46. The number of aromatic nitrogens is 1. The van der Waals surface area contributed by atoms with Crippen molar-refractivity contribution in [2.24, 2.45) is 0 Å². The number of hydrogen-bond acceptors (Lipinski definition) is 7. The van der Waals surface area contributed by atoms with E-state index in [1.54, 1.807) is 66.0 Å². The monoisotopic (exact) mass is 483 g/mol. The maximum atomic E-state index is 13.2. The van der Waals surface area contributed by atoms with Gasteiger partial charge in [-0.05, 0) is 35.9 Å². The minimum Gasteiger partial charge on any atom is -0.292 e. The van der Waals surface area contributed by atoms with Crippen molar-refractivity contribution in [1.82, 2.24) is 4.98 Å². The van der Waals surface area contributed by atoms with Gasteiger partial charge in [-0.1, -0.05) is 48.5 Å². The highest BCUT2D eigenvalue weighted by Crippen LogP contribution is 2.29. The van der Waals surface area contributed by atoms with Gasteiger partial charge in [-0.3, -0.25) is 4.79 Å². The van der Waals surface area contributed by atoms with Gasteiger partial charge in [-0.2, -0.15) is 10.5 Å². The third-order valence-electron chi connectivity index (χ3n) is 5.14. The van der Waals surface area contributed by atoms with Gasteiger partial charge in [0.2, 0.25) is 0 Å². The third-order valence-corrected chi connectivity index (χ3v) is 7.75. The molecule has 8 heteroatoms. The van der Waals surface area contributed by atoms with E-state index in [1.807, 2.05) is 6.07 Å². The number of sulfone groups is 1. The Labute approximate surface area is 201 Å². The summed E-state index contributed by atoms with van der Waals surface area (Å²) in [6.07, 6.45) is 0. The summed E-state index contributed by atoms with van der Waals surface area (Å²) in [6.45, 7) is 0. The first-order chi connectivity index (χ1) is 16.4. The van der Waals surface area contributed by atoms with Crippen LogP contribution in [-0.4, -0.2) is 19.2 Å². The molecule has 0 spiro atoms. The number of thiazole rings is 1. The molecule has 3 aromatic carbocycles. The van der Waals surface area contributed by atoms with Crippen LogP contribution in [-0.2, 0) is 15.6 Å². The number of benzene rings is 3. The quantitative estimate of drug-likeness (QED) is 0.336. The van der Waals surface area contributed by atoms with Crippen molar-refractivity contribution in [3.63, 3.8) is 0 Å². The standard InChI is InChI=1S/C26H17N3O3S2/c27-14-18-9-11-20(12-10-18)24-16-33-26(29-24)23(15-28)25(30)21-6-4-5-19(13-21)17-34(31,32)22-7-2-1-3-8-22/h1-13,16,23H,17H2. The Morgan fingerprint density at radius 3 is 2.38 bits per heavy atom. The molecule has 0 bridgehead atoms. The molecule has 0 aliphatic rings. The van der Waals surface area contributed by atoms with Gasteiger partial charge in [0.05, 0.1) is 34.0 Å². The molecule has 4 aromatic rings. The predicted molar refractivity (Wildman–Crippen MR) is 129 cm³/mol. The maximum absolute atomic E-state index is 13.2. The zero-order valence-electron chi connectivity index (χ0n) is 17.8. The molecular weight excluding hydrogens is 466 g/mol. The van der Waals surface area contributed by atoms with E-state index in [1.165, 1.54) is 29.5 Å². The lowest BCUT2D eigenvalue weighted by molar-refractivity contribution is 0.0978. The van der Waals surface area contributed by atoms with Crippen LogP contribution in [0.5, 0.6) is 0 Å². The van der Waals surface area contributed by atoms with E-state index in [9.17, 15) is 18.5 Å². The van der Waals surface area contributed by atoms with E-state index in [0.717, 1.165) is 5.56 Å². The van der Waals surface area contributed by atoms with Crippen molar-refractivity contribution in [3.8, 4) is 23.4 Å². The molecule has 34 heavy (non-hydrogen) atoms. The molecule has 0 saturated carbocycles. The molecule has 0 fully saturated rings. The minimum absolute atomic E-state index is 0.208. The van der Waals surface area contributed by atoms with Crippen LogP contribution in [0, 0.1) is 22.7 Å². The zero-order chi connectivity index (χ0) is 24.1. The molecule has 0 amide bonds. The highest BCUT2D eigenvalue weighted by Gasteiger charge is 2.26. The number of carbonyl (C=O) groups is 1. The molecule has 0 saturated heterocycles. The summed E-state index contributed by atoms with van der Waals surface area (Å²) in [5.41, 5.74) is 2.63. The summed E-state index contributed by atoms with van der Waals surface area (Å²) < 4.78 is 25.4. The van der Waals surface area contributed by atoms with E-state index in [2.05, 4.69) is 11.1 Å². The van der Waals surface area contributed by atoms with Crippen molar-refractivity contribution in [2.45, 2.75) is 16.6 Å². The largest absolute Gasteiger partial charge is 0.292 e. The first-order valence-corrected chi connectivity index (χ1v) is 12.7. The Morgan fingerprint density at radius 2 is 1.71 bits per heavy atom. The molecular formula is C26H17N3O3S2. The lowest BCUT2D eigenvalue weighted by atomic mass is 9.98. The molecule has 1 unspecified atom stereocenters. The molecule has 1 aromatic heterocycles. The van der Waals surface area contributed by atoms with E-state index in [4.69, 9.17) is 5.26 Å². The van der Waals surface area contributed by atoms with Gasteiger partial charge in [0, 0.05) is 16.5 Å². The van der Waals surface area contributed by atoms with Crippen LogP contribution >= 0.6 is 11.3 Å². The summed E-state index contributed by atoms with van der Waals surface area (Å²) >= 11 is 1.21. The average molecular weight is 484 g/mol. The fraction of sp³-hybridized carbons (Fsp3) is 0.0769. The van der Waals surface area contributed by atoms with Crippen molar-refractivity contribution in [1.29, 1.82) is 10.5 Å². The first-order valence-electron chi connectivity index (χ1n) is 10.2. The van der Waals surface area contributed by atoms with Crippen LogP contribution in [0.25, 0.3) is 11.3 Å². The van der Waals surface area contributed by atoms with Crippen LogP contribution in [0.1, 0.15) is 32.4 Å². The van der Waals surface area contributed by atoms with Crippen LogP contribution in [0.2, 0.25) is 0 Å². The van der Waals surface area contributed by atoms with Crippen molar-refractivity contribution >= 4 is 27.0 Å². The molecule has 0 aliphatic heterocycles.